The second-order valence-corrected chi connectivity index (χ2v) is 10.4. The molecule has 0 aliphatic carbocycles. The second-order valence-electron chi connectivity index (χ2n) is 10.4. The van der Waals surface area contributed by atoms with Crippen LogP contribution in [-0.2, 0) is 32.0 Å². The first kappa shape index (κ1) is 28.9. The molecular weight excluding hydrogens is 508 g/mol. The van der Waals surface area contributed by atoms with Crippen LogP contribution in [0.25, 0.3) is 10.9 Å². The van der Waals surface area contributed by atoms with E-state index in [1.807, 2.05) is 67.7 Å². The lowest BCUT2D eigenvalue weighted by molar-refractivity contribution is -0.150. The van der Waals surface area contributed by atoms with Crippen LogP contribution in [-0.4, -0.2) is 75.3 Å². The van der Waals surface area contributed by atoms with Crippen LogP contribution in [0.1, 0.15) is 50.2 Å². The first-order valence-electron chi connectivity index (χ1n) is 14.1. The van der Waals surface area contributed by atoms with Crippen LogP contribution in [0.3, 0.4) is 0 Å². The highest BCUT2D eigenvalue weighted by Crippen LogP contribution is 2.20. The molecule has 0 bridgehead atoms. The van der Waals surface area contributed by atoms with E-state index in [2.05, 4.69) is 10.3 Å². The molecule has 9 heteroatoms. The van der Waals surface area contributed by atoms with Gasteiger partial charge in [-0.25, -0.2) is 4.79 Å². The third-order valence-corrected chi connectivity index (χ3v) is 7.51. The number of aromatic nitrogens is 1. The van der Waals surface area contributed by atoms with Crippen molar-refractivity contribution in [2.45, 2.75) is 64.0 Å². The van der Waals surface area contributed by atoms with Crippen molar-refractivity contribution in [2.75, 3.05) is 19.6 Å². The quantitative estimate of drug-likeness (QED) is 0.303. The van der Waals surface area contributed by atoms with Crippen molar-refractivity contribution in [3.05, 3.63) is 71.9 Å². The van der Waals surface area contributed by atoms with Crippen molar-refractivity contribution in [3.63, 3.8) is 0 Å². The number of carbonyl (C=O) groups excluding carboxylic acids is 3. The molecule has 3 amide bonds. The summed E-state index contributed by atoms with van der Waals surface area (Å²) in [6, 6.07) is 15.8. The highest BCUT2D eigenvalue weighted by Gasteiger charge is 2.36. The van der Waals surface area contributed by atoms with E-state index in [4.69, 9.17) is 0 Å². The van der Waals surface area contributed by atoms with Gasteiger partial charge in [0.2, 0.25) is 17.7 Å². The minimum atomic E-state index is -1.03. The molecule has 2 aromatic carbocycles. The number of carbonyl (C=O) groups is 4. The highest BCUT2D eigenvalue weighted by atomic mass is 16.4. The molecule has 40 heavy (non-hydrogen) atoms. The van der Waals surface area contributed by atoms with Gasteiger partial charge in [-0.1, -0.05) is 68.3 Å². The molecule has 1 aliphatic heterocycles. The van der Waals surface area contributed by atoms with E-state index >= 15 is 0 Å². The summed E-state index contributed by atoms with van der Waals surface area (Å²) in [6.07, 6.45) is 5.52. The number of amides is 3. The van der Waals surface area contributed by atoms with Gasteiger partial charge in [0.05, 0.1) is 13.0 Å². The Morgan fingerprint density at radius 2 is 1.85 bits per heavy atom. The van der Waals surface area contributed by atoms with Crippen molar-refractivity contribution in [3.8, 4) is 0 Å². The van der Waals surface area contributed by atoms with Crippen LogP contribution in [0.4, 0.5) is 0 Å². The molecular formula is C31H38N4O5. The van der Waals surface area contributed by atoms with E-state index in [0.717, 1.165) is 34.9 Å². The van der Waals surface area contributed by atoms with Gasteiger partial charge in [-0.05, 0) is 42.9 Å². The van der Waals surface area contributed by atoms with Gasteiger partial charge in [-0.3, -0.25) is 14.4 Å². The lowest BCUT2D eigenvalue weighted by Gasteiger charge is -2.30. The summed E-state index contributed by atoms with van der Waals surface area (Å²) in [5.41, 5.74) is 2.81. The number of hydrogen-bond acceptors (Lipinski definition) is 4. The number of fused-ring (bicyclic) bond motifs is 1. The molecule has 3 aromatic rings. The number of aromatic amines is 1. The third-order valence-electron chi connectivity index (χ3n) is 7.51. The normalized spacial score (nSPS) is 15.6. The molecule has 1 fully saturated rings. The molecule has 4 rings (SSSR count). The fourth-order valence-electron chi connectivity index (χ4n) is 5.33. The smallest absolute Gasteiger partial charge is 0.326 e. The van der Waals surface area contributed by atoms with Crippen LogP contribution < -0.4 is 5.32 Å². The molecule has 212 valence electrons. The number of likely N-dealkylation sites (tertiary alicyclic amines) is 1. The Kier molecular flexibility index (Phi) is 9.94. The van der Waals surface area contributed by atoms with Crippen molar-refractivity contribution in [1.29, 1.82) is 0 Å². The highest BCUT2D eigenvalue weighted by molar-refractivity contribution is 5.93. The number of carboxylic acids is 1. The SMILES string of the molecule is CCCC[C@H](NC(=O)Cc1c[nH]c2ccccc12)C(=O)N(CCc1ccccc1)CC(=O)N1CCC[C@H]1C(=O)O. The van der Waals surface area contributed by atoms with Gasteiger partial charge in [0, 0.05) is 30.2 Å². The fraction of sp³-hybridized carbons (Fsp3) is 0.419. The number of aliphatic carboxylic acids is 1. The average molecular weight is 547 g/mol. The van der Waals surface area contributed by atoms with Gasteiger partial charge in [-0.15, -0.1) is 0 Å². The van der Waals surface area contributed by atoms with Crippen LogP contribution in [0.2, 0.25) is 0 Å². The third kappa shape index (κ3) is 7.28. The Labute approximate surface area is 234 Å². The van der Waals surface area contributed by atoms with Crippen LogP contribution in [0, 0.1) is 0 Å². The minimum absolute atomic E-state index is 0.122. The number of carboxylic acid groups (broad SMARTS) is 1. The zero-order valence-electron chi connectivity index (χ0n) is 23.0. The van der Waals surface area contributed by atoms with Crippen molar-refractivity contribution >= 4 is 34.6 Å². The number of nitrogens with one attached hydrogen (secondary N) is 2. The first-order chi connectivity index (χ1) is 19.4. The van der Waals surface area contributed by atoms with E-state index in [-0.39, 0.29) is 37.2 Å². The first-order valence-corrected chi connectivity index (χ1v) is 14.1. The van der Waals surface area contributed by atoms with Crippen LogP contribution in [0.5, 0.6) is 0 Å². The molecule has 3 N–H and O–H groups in total. The Bertz CT molecular complexity index is 1320. The Morgan fingerprint density at radius 3 is 2.60 bits per heavy atom. The van der Waals surface area contributed by atoms with Crippen molar-refractivity contribution in [2.24, 2.45) is 0 Å². The molecule has 2 heterocycles. The summed E-state index contributed by atoms with van der Waals surface area (Å²) in [5, 5.41) is 13.5. The summed E-state index contributed by atoms with van der Waals surface area (Å²) in [4.78, 5) is 58.0. The number of nitrogens with zero attached hydrogens (tertiary/aromatic N) is 2. The molecule has 0 spiro atoms. The molecule has 0 unspecified atom stereocenters. The van der Waals surface area contributed by atoms with Gasteiger partial charge in [0.15, 0.2) is 0 Å². The van der Waals surface area contributed by atoms with Gasteiger partial charge in [0.1, 0.15) is 12.1 Å². The minimum Gasteiger partial charge on any atom is -0.480 e. The summed E-state index contributed by atoms with van der Waals surface area (Å²) in [5.74, 6) is -2.00. The van der Waals surface area contributed by atoms with E-state index in [0.29, 0.717) is 32.2 Å². The summed E-state index contributed by atoms with van der Waals surface area (Å²) < 4.78 is 0. The monoisotopic (exact) mass is 546 g/mol. The summed E-state index contributed by atoms with van der Waals surface area (Å²) >= 11 is 0. The van der Waals surface area contributed by atoms with Gasteiger partial charge < -0.3 is 25.2 Å². The van der Waals surface area contributed by atoms with Crippen LogP contribution in [0.15, 0.2) is 60.8 Å². The van der Waals surface area contributed by atoms with E-state index in [1.54, 1.807) is 0 Å². The Morgan fingerprint density at radius 1 is 1.10 bits per heavy atom. The molecule has 2 atom stereocenters. The molecule has 1 aliphatic rings. The van der Waals surface area contributed by atoms with Gasteiger partial charge >= 0.3 is 5.97 Å². The number of rotatable bonds is 13. The largest absolute Gasteiger partial charge is 0.480 e. The predicted octanol–water partition coefficient (Wildman–Crippen LogP) is 3.53. The zero-order valence-corrected chi connectivity index (χ0v) is 23.0. The summed E-state index contributed by atoms with van der Waals surface area (Å²) in [6.45, 7) is 2.43. The van der Waals surface area contributed by atoms with E-state index in [9.17, 15) is 24.3 Å². The van der Waals surface area contributed by atoms with Crippen LogP contribution >= 0.6 is 0 Å². The van der Waals surface area contributed by atoms with Crippen molar-refractivity contribution < 1.29 is 24.3 Å². The number of hydrogen-bond donors (Lipinski definition) is 3. The average Bonchev–Trinajstić information content (AvgIpc) is 3.61. The van der Waals surface area contributed by atoms with Gasteiger partial charge in [0.25, 0.3) is 0 Å². The zero-order chi connectivity index (χ0) is 28.5. The maximum Gasteiger partial charge on any atom is 0.326 e. The molecule has 0 saturated carbocycles. The summed E-state index contributed by atoms with van der Waals surface area (Å²) in [7, 11) is 0. The Balaban J connectivity index is 1.50. The maximum atomic E-state index is 13.9. The van der Waals surface area contributed by atoms with E-state index in [1.165, 1.54) is 9.80 Å². The van der Waals surface area contributed by atoms with Gasteiger partial charge in [-0.2, -0.15) is 0 Å². The van der Waals surface area contributed by atoms with Crippen molar-refractivity contribution in [1.82, 2.24) is 20.1 Å². The molecule has 9 nitrogen and oxygen atoms in total. The molecule has 1 saturated heterocycles. The number of benzene rings is 2. The lowest BCUT2D eigenvalue weighted by atomic mass is 10.1. The maximum absolute atomic E-state index is 13.9. The number of para-hydroxylation sites is 1. The molecule has 1 aromatic heterocycles. The topological polar surface area (TPSA) is 123 Å². The predicted molar refractivity (Wildman–Crippen MR) is 153 cm³/mol. The molecule has 0 radical (unpaired) electrons. The van der Waals surface area contributed by atoms with E-state index < -0.39 is 18.1 Å². The second kappa shape index (κ2) is 13.8. The number of H-pyrrole nitrogens is 1. The lowest BCUT2D eigenvalue weighted by Crippen LogP contribution is -2.53. The fourth-order valence-corrected chi connectivity index (χ4v) is 5.33. The number of unbranched alkanes of at least 4 members (excludes halogenated alkanes) is 1. The standard InChI is InChI=1S/C31H38N4O5/c1-2-3-13-26(33-28(36)19-23-20-32-25-14-8-7-12-24(23)25)30(38)34(18-16-22-10-5-4-6-11-22)21-29(37)35-17-9-15-27(35)31(39)40/h4-8,10-12,14,20,26-27,32H,2-3,9,13,15-19,21H2,1H3,(H,33,36)(H,39,40)/t26-,27-/m0/s1. The Hall–Kier alpha value is -4.14.